The lowest BCUT2D eigenvalue weighted by atomic mass is 10.1. The number of phenolic OH excluding ortho intramolecular Hbond substituents is 1. The molecule has 26 heavy (non-hydrogen) atoms. The normalized spacial score (nSPS) is 11.2. The summed E-state index contributed by atoms with van der Waals surface area (Å²) in [5, 5.41) is 9.40. The van der Waals surface area contributed by atoms with Gasteiger partial charge in [0.2, 0.25) is 0 Å². The van der Waals surface area contributed by atoms with E-state index in [9.17, 15) is 13.5 Å². The van der Waals surface area contributed by atoms with E-state index < -0.39 is 10.0 Å². The van der Waals surface area contributed by atoms with Gasteiger partial charge in [0.25, 0.3) is 10.0 Å². The molecule has 0 bridgehead atoms. The molecule has 0 fully saturated rings. The van der Waals surface area contributed by atoms with Crippen LogP contribution in [-0.4, -0.2) is 27.6 Å². The van der Waals surface area contributed by atoms with Crippen molar-refractivity contribution in [2.24, 2.45) is 0 Å². The molecule has 0 aromatic heterocycles. The van der Waals surface area contributed by atoms with Crippen LogP contribution < -0.4 is 9.62 Å². The van der Waals surface area contributed by atoms with Crippen LogP contribution in [0.15, 0.2) is 77.7 Å². The highest BCUT2D eigenvalue weighted by atomic mass is 32.2. The molecule has 0 unspecified atom stereocenters. The summed E-state index contributed by atoms with van der Waals surface area (Å²) in [6, 6.07) is 20.5. The van der Waals surface area contributed by atoms with Crippen molar-refractivity contribution in [3.63, 3.8) is 0 Å². The Kier molecular flexibility index (Phi) is 4.86. The van der Waals surface area contributed by atoms with Crippen LogP contribution in [0.25, 0.3) is 11.1 Å². The van der Waals surface area contributed by atoms with Crippen LogP contribution in [0.3, 0.4) is 0 Å². The first-order valence-electron chi connectivity index (χ1n) is 8.05. The predicted molar refractivity (Wildman–Crippen MR) is 105 cm³/mol. The van der Waals surface area contributed by atoms with E-state index in [1.165, 1.54) is 0 Å². The maximum absolute atomic E-state index is 12.7. The minimum Gasteiger partial charge on any atom is -0.508 e. The Labute approximate surface area is 153 Å². The fourth-order valence-corrected chi connectivity index (χ4v) is 3.64. The van der Waals surface area contributed by atoms with Crippen LogP contribution in [0.5, 0.6) is 5.75 Å². The molecule has 3 aromatic rings. The number of nitrogens with one attached hydrogen (secondary N) is 1. The molecule has 0 saturated heterocycles. The molecule has 5 nitrogen and oxygen atoms in total. The monoisotopic (exact) mass is 368 g/mol. The van der Waals surface area contributed by atoms with Gasteiger partial charge in [-0.1, -0.05) is 24.3 Å². The number of nitrogens with zero attached hydrogens (tertiary/aromatic N) is 1. The SMILES string of the molecule is CN(C)c1ccc(NS(=O)(=O)c2cccc(-c3ccc(O)cc3)c2)cc1. The first-order valence-corrected chi connectivity index (χ1v) is 9.53. The molecule has 6 heteroatoms. The number of aromatic hydroxyl groups is 1. The van der Waals surface area contributed by atoms with Gasteiger partial charge in [0.1, 0.15) is 5.75 Å². The molecule has 134 valence electrons. The molecule has 0 aliphatic rings. The molecular formula is C20H20N2O3S. The second-order valence-corrected chi connectivity index (χ2v) is 7.80. The van der Waals surface area contributed by atoms with Crippen molar-refractivity contribution in [2.75, 3.05) is 23.7 Å². The van der Waals surface area contributed by atoms with Crippen molar-refractivity contribution in [3.8, 4) is 16.9 Å². The molecule has 0 amide bonds. The molecule has 0 aliphatic carbocycles. The zero-order valence-corrected chi connectivity index (χ0v) is 15.4. The maximum atomic E-state index is 12.7. The summed E-state index contributed by atoms with van der Waals surface area (Å²) < 4.78 is 28.0. The van der Waals surface area contributed by atoms with Crippen molar-refractivity contribution in [3.05, 3.63) is 72.8 Å². The summed E-state index contributed by atoms with van der Waals surface area (Å²) in [5.74, 6) is 0.167. The summed E-state index contributed by atoms with van der Waals surface area (Å²) in [6.07, 6.45) is 0. The van der Waals surface area contributed by atoms with Gasteiger partial charge in [0.15, 0.2) is 0 Å². The van der Waals surface area contributed by atoms with E-state index in [0.717, 1.165) is 16.8 Å². The van der Waals surface area contributed by atoms with Crippen LogP contribution >= 0.6 is 0 Å². The second kappa shape index (κ2) is 7.09. The molecular weight excluding hydrogens is 348 g/mol. The third-order valence-electron chi connectivity index (χ3n) is 3.98. The van der Waals surface area contributed by atoms with Crippen LogP contribution in [0.1, 0.15) is 0 Å². The van der Waals surface area contributed by atoms with Crippen molar-refractivity contribution in [2.45, 2.75) is 4.90 Å². The van der Waals surface area contributed by atoms with Gasteiger partial charge in [-0.2, -0.15) is 0 Å². The Bertz CT molecular complexity index is 996. The number of hydrogen-bond acceptors (Lipinski definition) is 4. The van der Waals surface area contributed by atoms with Gasteiger partial charge in [0, 0.05) is 25.5 Å². The quantitative estimate of drug-likeness (QED) is 0.716. The second-order valence-electron chi connectivity index (χ2n) is 6.12. The Hall–Kier alpha value is -2.99. The van der Waals surface area contributed by atoms with Gasteiger partial charge < -0.3 is 10.0 Å². The fourth-order valence-electron chi connectivity index (χ4n) is 2.54. The van der Waals surface area contributed by atoms with Gasteiger partial charge in [-0.25, -0.2) is 8.42 Å². The minimum absolute atomic E-state index is 0.167. The summed E-state index contributed by atoms with van der Waals surface area (Å²) in [5.41, 5.74) is 3.08. The smallest absolute Gasteiger partial charge is 0.261 e. The van der Waals surface area contributed by atoms with Gasteiger partial charge in [-0.15, -0.1) is 0 Å². The maximum Gasteiger partial charge on any atom is 0.261 e. The zero-order chi connectivity index (χ0) is 18.7. The van der Waals surface area contributed by atoms with Crippen molar-refractivity contribution in [1.29, 1.82) is 0 Å². The lowest BCUT2D eigenvalue weighted by molar-refractivity contribution is 0.475. The number of rotatable bonds is 5. The Morgan fingerprint density at radius 1 is 0.846 bits per heavy atom. The highest BCUT2D eigenvalue weighted by molar-refractivity contribution is 7.92. The average molecular weight is 368 g/mol. The van der Waals surface area contributed by atoms with Gasteiger partial charge >= 0.3 is 0 Å². The predicted octanol–water partition coefficient (Wildman–Crippen LogP) is 3.93. The van der Waals surface area contributed by atoms with Crippen molar-refractivity contribution < 1.29 is 13.5 Å². The lowest BCUT2D eigenvalue weighted by Crippen LogP contribution is -2.13. The van der Waals surface area contributed by atoms with Crippen LogP contribution in [0.2, 0.25) is 0 Å². The topological polar surface area (TPSA) is 69.6 Å². The third kappa shape index (κ3) is 3.97. The van der Waals surface area contributed by atoms with Crippen LogP contribution in [0.4, 0.5) is 11.4 Å². The first kappa shape index (κ1) is 17.8. The average Bonchev–Trinajstić information content (AvgIpc) is 2.62. The standard InChI is InChI=1S/C20H20N2O3S/c1-22(2)18-10-8-17(9-11-18)21-26(24,25)20-5-3-4-16(14-20)15-6-12-19(23)13-7-15/h3-14,21,23H,1-2H3. The highest BCUT2D eigenvalue weighted by Gasteiger charge is 2.15. The van der Waals surface area contributed by atoms with Crippen LogP contribution in [-0.2, 0) is 10.0 Å². The molecule has 0 heterocycles. The molecule has 0 aliphatic heterocycles. The molecule has 3 rings (SSSR count). The fraction of sp³-hybridized carbons (Fsp3) is 0.100. The largest absolute Gasteiger partial charge is 0.508 e. The number of benzene rings is 3. The Balaban J connectivity index is 1.87. The Morgan fingerprint density at radius 3 is 2.12 bits per heavy atom. The van der Waals surface area contributed by atoms with Gasteiger partial charge in [0.05, 0.1) is 4.90 Å². The van der Waals surface area contributed by atoms with Crippen LogP contribution in [0, 0.1) is 0 Å². The van der Waals surface area contributed by atoms with Gasteiger partial charge in [-0.05, 0) is 59.7 Å². The first-order chi connectivity index (χ1) is 12.3. The van der Waals surface area contributed by atoms with E-state index in [0.29, 0.717) is 5.69 Å². The van der Waals surface area contributed by atoms with E-state index >= 15 is 0 Å². The van der Waals surface area contributed by atoms with E-state index in [1.54, 1.807) is 54.6 Å². The number of sulfonamides is 1. The molecule has 0 radical (unpaired) electrons. The lowest BCUT2D eigenvalue weighted by Gasteiger charge is -2.14. The minimum atomic E-state index is -3.70. The molecule has 2 N–H and O–H groups in total. The molecule has 0 atom stereocenters. The molecule has 3 aromatic carbocycles. The number of anilines is 2. The Morgan fingerprint density at radius 2 is 1.50 bits per heavy atom. The van der Waals surface area contributed by atoms with E-state index in [4.69, 9.17) is 0 Å². The molecule has 0 saturated carbocycles. The summed E-state index contributed by atoms with van der Waals surface area (Å²) in [4.78, 5) is 2.12. The number of phenols is 1. The molecule has 0 spiro atoms. The zero-order valence-electron chi connectivity index (χ0n) is 14.5. The van der Waals surface area contributed by atoms with E-state index in [-0.39, 0.29) is 10.6 Å². The summed E-state index contributed by atoms with van der Waals surface area (Å²) in [7, 11) is 0.151. The van der Waals surface area contributed by atoms with E-state index in [2.05, 4.69) is 4.72 Å². The summed E-state index contributed by atoms with van der Waals surface area (Å²) >= 11 is 0. The summed E-state index contributed by atoms with van der Waals surface area (Å²) in [6.45, 7) is 0. The third-order valence-corrected chi connectivity index (χ3v) is 5.36. The number of hydrogen-bond donors (Lipinski definition) is 2. The van der Waals surface area contributed by atoms with E-state index in [1.807, 2.05) is 37.2 Å². The van der Waals surface area contributed by atoms with Crippen molar-refractivity contribution >= 4 is 21.4 Å². The van der Waals surface area contributed by atoms with Crippen molar-refractivity contribution in [1.82, 2.24) is 0 Å². The highest BCUT2D eigenvalue weighted by Crippen LogP contribution is 2.26. The van der Waals surface area contributed by atoms with Gasteiger partial charge in [-0.3, -0.25) is 4.72 Å².